The molecule has 0 unspecified atom stereocenters. The molecule has 8 heteroatoms. The third-order valence-electron chi connectivity index (χ3n) is 3.66. The van der Waals surface area contributed by atoms with Gasteiger partial charge in [0, 0.05) is 28.3 Å². The second kappa shape index (κ2) is 9.27. The first-order valence-electron chi connectivity index (χ1n) is 8.20. The van der Waals surface area contributed by atoms with Crippen molar-refractivity contribution in [3.05, 3.63) is 82.6 Å². The van der Waals surface area contributed by atoms with Gasteiger partial charge in [0.2, 0.25) is 0 Å². The second-order valence-corrected chi connectivity index (χ2v) is 6.54. The van der Waals surface area contributed by atoms with E-state index in [4.69, 9.17) is 4.74 Å². The summed E-state index contributed by atoms with van der Waals surface area (Å²) in [5.74, 6) is 0.805. The Morgan fingerprint density at radius 1 is 1.11 bits per heavy atom. The van der Waals surface area contributed by atoms with Crippen molar-refractivity contribution in [3.63, 3.8) is 0 Å². The van der Waals surface area contributed by atoms with Crippen LogP contribution in [0.4, 0.5) is 8.78 Å². The van der Waals surface area contributed by atoms with Crippen LogP contribution in [0.3, 0.4) is 0 Å². The van der Waals surface area contributed by atoms with Gasteiger partial charge in [0.05, 0.1) is 6.20 Å². The van der Waals surface area contributed by atoms with Gasteiger partial charge in [0.1, 0.15) is 17.2 Å². The lowest BCUT2D eigenvalue weighted by Crippen LogP contribution is -2.23. The van der Waals surface area contributed by atoms with Crippen molar-refractivity contribution >= 4 is 21.8 Å². The Morgan fingerprint density at radius 2 is 1.89 bits per heavy atom. The maximum Gasteiger partial charge on any atom is 0.387 e. The van der Waals surface area contributed by atoms with Crippen LogP contribution >= 0.6 is 15.9 Å². The smallest absolute Gasteiger partial charge is 0.387 e. The summed E-state index contributed by atoms with van der Waals surface area (Å²) >= 11 is 3.28. The summed E-state index contributed by atoms with van der Waals surface area (Å²) in [5.41, 5.74) is 0.837. The third-order valence-corrected chi connectivity index (χ3v) is 4.16. The molecule has 1 heterocycles. The first kappa shape index (κ1) is 19.8. The van der Waals surface area contributed by atoms with Gasteiger partial charge in [0.15, 0.2) is 0 Å². The van der Waals surface area contributed by atoms with Crippen LogP contribution in [-0.2, 0) is 6.54 Å². The number of amides is 1. The molecule has 0 saturated carbocycles. The molecule has 0 bridgehead atoms. The van der Waals surface area contributed by atoms with Crippen molar-refractivity contribution in [2.45, 2.75) is 13.2 Å². The van der Waals surface area contributed by atoms with E-state index in [1.807, 2.05) is 0 Å². The summed E-state index contributed by atoms with van der Waals surface area (Å²) in [6, 6.07) is 14.7. The van der Waals surface area contributed by atoms with Gasteiger partial charge in [-0.2, -0.15) is 8.78 Å². The monoisotopic (exact) mass is 448 g/mol. The number of benzene rings is 2. The van der Waals surface area contributed by atoms with Crippen molar-refractivity contribution in [2.24, 2.45) is 0 Å². The number of halogens is 3. The number of nitrogens with one attached hydrogen (secondary N) is 1. The fourth-order valence-electron chi connectivity index (χ4n) is 2.39. The highest BCUT2D eigenvalue weighted by Gasteiger charge is 2.12. The highest BCUT2D eigenvalue weighted by atomic mass is 79.9. The van der Waals surface area contributed by atoms with Crippen LogP contribution in [0.5, 0.6) is 17.2 Å². The zero-order chi connectivity index (χ0) is 19.9. The van der Waals surface area contributed by atoms with Gasteiger partial charge in [-0.3, -0.25) is 9.78 Å². The topological polar surface area (TPSA) is 60.5 Å². The lowest BCUT2D eigenvalue weighted by molar-refractivity contribution is -0.0504. The van der Waals surface area contributed by atoms with Gasteiger partial charge in [-0.15, -0.1) is 0 Å². The highest BCUT2D eigenvalue weighted by Crippen LogP contribution is 2.25. The lowest BCUT2D eigenvalue weighted by Gasteiger charge is -2.12. The van der Waals surface area contributed by atoms with Crippen molar-refractivity contribution < 1.29 is 23.0 Å². The predicted molar refractivity (Wildman–Crippen MR) is 103 cm³/mol. The van der Waals surface area contributed by atoms with E-state index in [1.165, 1.54) is 6.07 Å². The van der Waals surface area contributed by atoms with Crippen LogP contribution in [-0.4, -0.2) is 17.5 Å². The summed E-state index contributed by atoms with van der Waals surface area (Å²) in [5, 5.41) is 2.69. The predicted octanol–water partition coefficient (Wildman–Crippen LogP) is 5.17. The van der Waals surface area contributed by atoms with E-state index >= 15 is 0 Å². The van der Waals surface area contributed by atoms with Crippen LogP contribution in [0, 0.1) is 0 Å². The Bertz CT molecular complexity index is 938. The molecule has 0 atom stereocenters. The lowest BCUT2D eigenvalue weighted by atomic mass is 10.1. The molecule has 144 valence electrons. The van der Waals surface area contributed by atoms with Gasteiger partial charge >= 0.3 is 6.61 Å². The zero-order valence-corrected chi connectivity index (χ0v) is 16.0. The third kappa shape index (κ3) is 5.50. The normalized spacial score (nSPS) is 10.6. The van der Waals surface area contributed by atoms with Crippen LogP contribution in [0.1, 0.15) is 15.9 Å². The Kier molecular flexibility index (Phi) is 6.54. The SMILES string of the molecule is O=C(NCc1cc(Br)ccc1OC(F)F)c1ccc(Oc2cccnc2)cc1. The average Bonchev–Trinajstić information content (AvgIpc) is 2.69. The molecule has 5 nitrogen and oxygen atoms in total. The molecule has 2 aromatic carbocycles. The maximum absolute atomic E-state index is 12.5. The Hall–Kier alpha value is -3.00. The molecule has 1 N–H and O–H groups in total. The van der Waals surface area contributed by atoms with Crippen LogP contribution < -0.4 is 14.8 Å². The van der Waals surface area contributed by atoms with E-state index in [1.54, 1.807) is 60.9 Å². The molecule has 0 aliphatic carbocycles. The minimum atomic E-state index is -2.94. The van der Waals surface area contributed by atoms with Crippen LogP contribution in [0.25, 0.3) is 0 Å². The van der Waals surface area contributed by atoms with Crippen molar-refractivity contribution in [1.82, 2.24) is 10.3 Å². The van der Waals surface area contributed by atoms with Gasteiger partial charge in [-0.25, -0.2) is 0 Å². The maximum atomic E-state index is 12.5. The molecule has 0 fully saturated rings. The van der Waals surface area contributed by atoms with Gasteiger partial charge in [-0.05, 0) is 54.6 Å². The van der Waals surface area contributed by atoms with Crippen molar-refractivity contribution in [3.8, 4) is 17.2 Å². The number of nitrogens with zero attached hydrogens (tertiary/aromatic N) is 1. The summed E-state index contributed by atoms with van der Waals surface area (Å²) in [4.78, 5) is 16.3. The first-order valence-corrected chi connectivity index (χ1v) is 9.00. The average molecular weight is 449 g/mol. The van der Waals surface area contributed by atoms with Crippen molar-refractivity contribution in [2.75, 3.05) is 0 Å². The first-order chi connectivity index (χ1) is 13.5. The summed E-state index contributed by atoms with van der Waals surface area (Å²) in [7, 11) is 0. The Morgan fingerprint density at radius 3 is 2.57 bits per heavy atom. The quantitative estimate of drug-likeness (QED) is 0.541. The van der Waals surface area contributed by atoms with E-state index in [0.29, 0.717) is 27.1 Å². The number of pyridine rings is 1. The largest absolute Gasteiger partial charge is 0.456 e. The summed E-state index contributed by atoms with van der Waals surface area (Å²) in [6.07, 6.45) is 3.22. The zero-order valence-electron chi connectivity index (χ0n) is 14.4. The molecule has 3 aromatic rings. The number of ether oxygens (including phenoxy) is 2. The standard InChI is InChI=1S/C20H15BrF2N2O3/c21-15-5-8-18(28-20(22)23)14(10-15)11-25-19(26)13-3-6-16(7-4-13)27-17-2-1-9-24-12-17/h1-10,12,20H,11H2,(H,25,26). The van der Waals surface area contributed by atoms with Crippen LogP contribution in [0.15, 0.2) is 71.5 Å². The van der Waals surface area contributed by atoms with E-state index in [-0.39, 0.29) is 18.2 Å². The van der Waals surface area contributed by atoms with Gasteiger partial charge in [-0.1, -0.05) is 15.9 Å². The summed E-state index contributed by atoms with van der Waals surface area (Å²) in [6.45, 7) is -2.91. The van der Waals surface area contributed by atoms with E-state index in [2.05, 4.69) is 31.0 Å². The Labute approximate surface area is 168 Å². The highest BCUT2D eigenvalue weighted by molar-refractivity contribution is 9.10. The minimum Gasteiger partial charge on any atom is -0.456 e. The molecule has 0 saturated heterocycles. The van der Waals surface area contributed by atoms with E-state index in [9.17, 15) is 13.6 Å². The molecular weight excluding hydrogens is 434 g/mol. The second-order valence-electron chi connectivity index (χ2n) is 5.63. The minimum absolute atomic E-state index is 0.0127. The number of carbonyl (C=O) groups is 1. The van der Waals surface area contributed by atoms with Gasteiger partial charge in [0.25, 0.3) is 5.91 Å². The number of carbonyl (C=O) groups excluding carboxylic acids is 1. The van der Waals surface area contributed by atoms with E-state index < -0.39 is 6.61 Å². The number of alkyl halides is 2. The molecule has 28 heavy (non-hydrogen) atoms. The number of hydrogen-bond donors (Lipinski definition) is 1. The van der Waals surface area contributed by atoms with Crippen molar-refractivity contribution in [1.29, 1.82) is 0 Å². The number of rotatable bonds is 7. The molecule has 1 aromatic heterocycles. The summed E-state index contributed by atoms with van der Waals surface area (Å²) < 4.78 is 35.8. The fourth-order valence-corrected chi connectivity index (χ4v) is 2.80. The Balaban J connectivity index is 1.63. The number of hydrogen-bond acceptors (Lipinski definition) is 4. The fraction of sp³-hybridized carbons (Fsp3) is 0.100. The molecule has 0 aliphatic heterocycles. The number of aromatic nitrogens is 1. The van der Waals surface area contributed by atoms with Crippen LogP contribution in [0.2, 0.25) is 0 Å². The molecule has 0 spiro atoms. The molecule has 1 amide bonds. The van der Waals surface area contributed by atoms with E-state index in [0.717, 1.165) is 0 Å². The molecular formula is C20H15BrF2N2O3. The molecule has 0 radical (unpaired) electrons. The molecule has 3 rings (SSSR count). The molecule has 0 aliphatic rings. The van der Waals surface area contributed by atoms with Gasteiger partial charge < -0.3 is 14.8 Å².